The number of hydrogen-bond donors (Lipinski definition) is 1. The van der Waals surface area contributed by atoms with Gasteiger partial charge in [-0.05, 0) is 36.1 Å². The Morgan fingerprint density at radius 3 is 2.43 bits per heavy atom. The molecule has 6 heteroatoms. The predicted molar refractivity (Wildman–Crippen MR) is 116 cm³/mol. The lowest BCUT2D eigenvalue weighted by molar-refractivity contribution is -0.143. The van der Waals surface area contributed by atoms with Crippen LogP contribution in [0, 0.1) is 5.92 Å². The Balaban J connectivity index is 1.54. The lowest BCUT2D eigenvalue weighted by Gasteiger charge is -2.33. The summed E-state index contributed by atoms with van der Waals surface area (Å²) in [5, 5.41) is 7.21. The summed E-state index contributed by atoms with van der Waals surface area (Å²) in [5.74, 6) is 0.880. The van der Waals surface area contributed by atoms with Crippen molar-refractivity contribution in [1.82, 2.24) is 4.90 Å². The van der Waals surface area contributed by atoms with Crippen LogP contribution >= 0.6 is 0 Å². The van der Waals surface area contributed by atoms with Gasteiger partial charge < -0.3 is 10.2 Å². The van der Waals surface area contributed by atoms with Crippen LogP contribution in [0.5, 0.6) is 0 Å². The smallest absolute Gasteiger partial charge is 0.272 e. The molecule has 2 aliphatic rings. The quantitative estimate of drug-likeness (QED) is 0.786. The van der Waals surface area contributed by atoms with Gasteiger partial charge in [-0.25, -0.2) is 0 Å². The summed E-state index contributed by atoms with van der Waals surface area (Å²) in [6, 6.07) is 17.5. The molecular formula is C24H27N3O3. The molecule has 1 aliphatic carbocycles. The number of amides is 2. The van der Waals surface area contributed by atoms with Gasteiger partial charge in [0.25, 0.3) is 5.91 Å². The molecule has 156 valence electrons. The van der Waals surface area contributed by atoms with Crippen LogP contribution in [0.25, 0.3) is 0 Å². The number of nitrogens with zero attached hydrogens (tertiary/aromatic N) is 2. The van der Waals surface area contributed by atoms with Crippen molar-refractivity contribution in [3.8, 4) is 0 Å². The maximum absolute atomic E-state index is 13.4. The molecule has 0 aromatic heterocycles. The van der Waals surface area contributed by atoms with E-state index in [4.69, 9.17) is 4.84 Å². The maximum Gasteiger partial charge on any atom is 0.272 e. The second-order valence-electron chi connectivity index (χ2n) is 8.02. The second kappa shape index (κ2) is 9.11. The summed E-state index contributed by atoms with van der Waals surface area (Å²) in [5.41, 5.74) is 2.78. The molecule has 1 N–H and O–H groups in total. The van der Waals surface area contributed by atoms with Crippen LogP contribution in [0.2, 0.25) is 0 Å². The van der Waals surface area contributed by atoms with E-state index < -0.39 is 6.10 Å². The third-order valence-corrected chi connectivity index (χ3v) is 5.69. The highest BCUT2D eigenvalue weighted by molar-refractivity contribution is 6.02. The van der Waals surface area contributed by atoms with Gasteiger partial charge in [0.15, 0.2) is 5.84 Å². The minimum absolute atomic E-state index is 0.0401. The zero-order valence-electron chi connectivity index (χ0n) is 17.2. The number of nitrogens with one attached hydrogen (secondary N) is 1. The Morgan fingerprint density at radius 2 is 1.77 bits per heavy atom. The summed E-state index contributed by atoms with van der Waals surface area (Å²) in [7, 11) is 0. The normalized spacial score (nSPS) is 19.4. The van der Waals surface area contributed by atoms with E-state index in [2.05, 4.69) is 10.5 Å². The van der Waals surface area contributed by atoms with E-state index in [1.54, 1.807) is 4.90 Å². The SMILES string of the molecule is CC(=O)Nc1ccc(CN2C(=O)C(Cc3ccccc3)ON=C2C2CCCC2)cc1. The highest BCUT2D eigenvalue weighted by Gasteiger charge is 2.38. The van der Waals surface area contributed by atoms with E-state index in [9.17, 15) is 9.59 Å². The van der Waals surface area contributed by atoms with Crippen molar-refractivity contribution in [2.45, 2.75) is 51.7 Å². The van der Waals surface area contributed by atoms with E-state index in [-0.39, 0.29) is 17.7 Å². The lowest BCUT2D eigenvalue weighted by atomic mass is 10.0. The highest BCUT2D eigenvalue weighted by atomic mass is 16.6. The molecular weight excluding hydrogens is 378 g/mol. The van der Waals surface area contributed by atoms with Gasteiger partial charge in [0.2, 0.25) is 12.0 Å². The fourth-order valence-electron chi connectivity index (χ4n) is 4.17. The van der Waals surface area contributed by atoms with Crippen molar-refractivity contribution in [2.75, 3.05) is 5.32 Å². The number of benzene rings is 2. The van der Waals surface area contributed by atoms with Gasteiger partial charge in [0.1, 0.15) is 0 Å². The Kier molecular flexibility index (Phi) is 6.12. The third kappa shape index (κ3) is 4.70. The summed E-state index contributed by atoms with van der Waals surface area (Å²) < 4.78 is 0. The lowest BCUT2D eigenvalue weighted by Crippen LogP contribution is -2.49. The number of anilines is 1. The molecule has 1 heterocycles. The Bertz CT molecular complexity index is 918. The Hall–Kier alpha value is -3.15. The van der Waals surface area contributed by atoms with Gasteiger partial charge >= 0.3 is 0 Å². The van der Waals surface area contributed by atoms with Crippen LogP contribution in [0.15, 0.2) is 59.8 Å². The number of amidine groups is 1. The van der Waals surface area contributed by atoms with E-state index >= 15 is 0 Å². The van der Waals surface area contributed by atoms with Crippen LogP contribution in [-0.4, -0.2) is 28.7 Å². The zero-order chi connectivity index (χ0) is 20.9. The van der Waals surface area contributed by atoms with Crippen LogP contribution < -0.4 is 5.32 Å². The van der Waals surface area contributed by atoms with Gasteiger partial charge in [-0.2, -0.15) is 0 Å². The van der Waals surface area contributed by atoms with E-state index in [0.29, 0.717) is 13.0 Å². The summed E-state index contributed by atoms with van der Waals surface area (Å²) >= 11 is 0. The van der Waals surface area contributed by atoms with Crippen molar-refractivity contribution >= 4 is 23.3 Å². The third-order valence-electron chi connectivity index (χ3n) is 5.69. The van der Waals surface area contributed by atoms with Crippen molar-refractivity contribution in [1.29, 1.82) is 0 Å². The number of rotatable bonds is 6. The summed E-state index contributed by atoms with van der Waals surface area (Å²) in [6.07, 6.45) is 4.28. The molecule has 2 amide bonds. The van der Waals surface area contributed by atoms with Crippen molar-refractivity contribution in [3.63, 3.8) is 0 Å². The molecule has 2 aromatic rings. The van der Waals surface area contributed by atoms with Gasteiger partial charge in [0, 0.05) is 24.9 Å². The topological polar surface area (TPSA) is 71.0 Å². The van der Waals surface area contributed by atoms with Gasteiger partial charge in [-0.3, -0.25) is 14.5 Å². The Labute approximate surface area is 176 Å². The van der Waals surface area contributed by atoms with Gasteiger partial charge in [-0.1, -0.05) is 60.5 Å². The predicted octanol–water partition coefficient (Wildman–Crippen LogP) is 4.12. The van der Waals surface area contributed by atoms with E-state index in [0.717, 1.165) is 48.3 Å². The van der Waals surface area contributed by atoms with Crippen LogP contribution in [0.4, 0.5) is 5.69 Å². The van der Waals surface area contributed by atoms with E-state index in [1.165, 1.54) is 6.92 Å². The first kappa shape index (κ1) is 20.1. The van der Waals surface area contributed by atoms with Crippen molar-refractivity contribution in [2.24, 2.45) is 11.1 Å². The molecule has 0 spiro atoms. The molecule has 0 saturated heterocycles. The number of carbonyl (C=O) groups excluding carboxylic acids is 2. The maximum atomic E-state index is 13.4. The molecule has 6 nitrogen and oxygen atoms in total. The molecule has 30 heavy (non-hydrogen) atoms. The standard InChI is InChI=1S/C24H27N3O3/c1-17(28)25-21-13-11-19(12-14-21)16-27-23(20-9-5-6-10-20)26-30-22(24(27)29)15-18-7-3-2-4-8-18/h2-4,7-8,11-14,20,22H,5-6,9-10,15-16H2,1H3,(H,25,28). The summed E-state index contributed by atoms with van der Waals surface area (Å²) in [6.45, 7) is 1.93. The molecule has 1 aliphatic heterocycles. The highest BCUT2D eigenvalue weighted by Crippen LogP contribution is 2.31. The molecule has 0 radical (unpaired) electrons. The second-order valence-corrected chi connectivity index (χ2v) is 8.02. The van der Waals surface area contributed by atoms with Crippen molar-refractivity contribution in [3.05, 3.63) is 65.7 Å². The minimum Gasteiger partial charge on any atom is -0.380 e. The van der Waals surface area contributed by atoms with E-state index in [1.807, 2.05) is 54.6 Å². The fraction of sp³-hybridized carbons (Fsp3) is 0.375. The molecule has 0 bridgehead atoms. The average molecular weight is 405 g/mol. The largest absolute Gasteiger partial charge is 0.380 e. The zero-order valence-corrected chi connectivity index (χ0v) is 17.2. The molecule has 1 atom stereocenters. The van der Waals surface area contributed by atoms with Gasteiger partial charge in [-0.15, -0.1) is 0 Å². The van der Waals surface area contributed by atoms with Crippen LogP contribution in [0.3, 0.4) is 0 Å². The molecule has 4 rings (SSSR count). The fourth-order valence-corrected chi connectivity index (χ4v) is 4.17. The molecule has 1 unspecified atom stereocenters. The van der Waals surface area contributed by atoms with Crippen LogP contribution in [-0.2, 0) is 27.4 Å². The summed E-state index contributed by atoms with van der Waals surface area (Å²) in [4.78, 5) is 32.1. The number of carbonyl (C=O) groups is 2. The molecule has 2 aromatic carbocycles. The number of hydrogen-bond acceptors (Lipinski definition) is 4. The van der Waals surface area contributed by atoms with Gasteiger partial charge in [0.05, 0.1) is 6.54 Å². The minimum atomic E-state index is -0.615. The average Bonchev–Trinajstić information content (AvgIpc) is 3.27. The number of oxime groups is 1. The first-order valence-corrected chi connectivity index (χ1v) is 10.6. The monoisotopic (exact) mass is 405 g/mol. The molecule has 1 saturated carbocycles. The first-order chi connectivity index (χ1) is 14.6. The first-order valence-electron chi connectivity index (χ1n) is 10.6. The Morgan fingerprint density at radius 1 is 1.07 bits per heavy atom. The van der Waals surface area contributed by atoms with Crippen LogP contribution in [0.1, 0.15) is 43.7 Å². The van der Waals surface area contributed by atoms with Crippen molar-refractivity contribution < 1.29 is 14.4 Å². The molecule has 1 fully saturated rings.